The van der Waals surface area contributed by atoms with Gasteiger partial charge < -0.3 is 4.40 Å². The maximum absolute atomic E-state index is 4.96. The lowest BCUT2D eigenvalue weighted by atomic mass is 10.0. The molecule has 0 atom stereocenters. The molecule has 0 amide bonds. The average molecular weight is 379 g/mol. The van der Waals surface area contributed by atoms with E-state index < -0.39 is 0 Å². The van der Waals surface area contributed by atoms with Crippen LogP contribution in [0.3, 0.4) is 0 Å². The van der Waals surface area contributed by atoms with Crippen LogP contribution < -0.4 is 0 Å². The molecular formula is C25H18N2S. The van der Waals surface area contributed by atoms with Crippen LogP contribution in [0.4, 0.5) is 0 Å². The first-order valence-electron chi connectivity index (χ1n) is 9.21. The highest BCUT2D eigenvalue weighted by Gasteiger charge is 2.12. The highest BCUT2D eigenvalue weighted by molar-refractivity contribution is 7.80. The average Bonchev–Trinajstić information content (AvgIpc) is 3.19. The van der Waals surface area contributed by atoms with Gasteiger partial charge in [-0.25, -0.2) is 4.98 Å². The summed E-state index contributed by atoms with van der Waals surface area (Å²) in [5, 5.41) is 0. The van der Waals surface area contributed by atoms with E-state index in [1.54, 1.807) is 0 Å². The molecular weight excluding hydrogens is 360 g/mol. The molecule has 0 radical (unpaired) electrons. The molecule has 0 fully saturated rings. The Balaban J connectivity index is 1.77. The highest BCUT2D eigenvalue weighted by Crippen LogP contribution is 2.32. The van der Waals surface area contributed by atoms with E-state index in [0.29, 0.717) is 0 Å². The maximum Gasteiger partial charge on any atom is 0.145 e. The van der Waals surface area contributed by atoms with Crippen LogP contribution in [0.15, 0.2) is 108 Å². The Hall–Kier alpha value is -3.30. The van der Waals surface area contributed by atoms with Crippen molar-refractivity contribution in [1.29, 1.82) is 0 Å². The molecule has 0 spiro atoms. The molecule has 134 valence electrons. The molecule has 0 N–H and O–H groups in total. The number of hydrogen-bond acceptors (Lipinski definition) is 2. The second-order valence-electron chi connectivity index (χ2n) is 6.78. The Bertz CT molecular complexity index is 1260. The number of nitrogens with zero attached hydrogens (tertiary/aromatic N) is 2. The Morgan fingerprint density at radius 2 is 1.29 bits per heavy atom. The third-order valence-corrected chi connectivity index (χ3v) is 5.16. The fraction of sp³-hybridized carbons (Fsp3) is 0. The molecule has 28 heavy (non-hydrogen) atoms. The largest absolute Gasteiger partial charge is 0.305 e. The van der Waals surface area contributed by atoms with Gasteiger partial charge in [0, 0.05) is 28.4 Å². The van der Waals surface area contributed by atoms with Crippen LogP contribution in [-0.2, 0) is 0 Å². The van der Waals surface area contributed by atoms with Crippen molar-refractivity contribution in [3.05, 3.63) is 103 Å². The van der Waals surface area contributed by atoms with Crippen molar-refractivity contribution in [2.24, 2.45) is 0 Å². The normalized spacial score (nSPS) is 11.0. The summed E-state index contributed by atoms with van der Waals surface area (Å²) in [6, 6.07) is 31.2. The van der Waals surface area contributed by atoms with Gasteiger partial charge in [0.2, 0.25) is 0 Å². The van der Waals surface area contributed by atoms with Crippen LogP contribution in [0.5, 0.6) is 0 Å². The van der Waals surface area contributed by atoms with Crippen LogP contribution >= 0.6 is 12.6 Å². The standard InChI is InChI=1S/C25H18N2S/c28-22-13-7-12-20(14-22)24-17-27-16-21(18-8-3-1-4-9-18)15-23(25(27)26-24)19-10-5-2-6-11-19/h1-17,28H. The molecule has 0 aliphatic rings. The molecule has 5 rings (SSSR count). The first-order valence-corrected chi connectivity index (χ1v) is 9.66. The summed E-state index contributed by atoms with van der Waals surface area (Å²) in [7, 11) is 0. The summed E-state index contributed by atoms with van der Waals surface area (Å²) in [5.74, 6) is 0. The molecule has 0 aliphatic carbocycles. The van der Waals surface area contributed by atoms with Gasteiger partial charge >= 0.3 is 0 Å². The van der Waals surface area contributed by atoms with Crippen molar-refractivity contribution in [2.75, 3.05) is 0 Å². The van der Waals surface area contributed by atoms with Gasteiger partial charge in [-0.2, -0.15) is 0 Å². The molecule has 3 aromatic carbocycles. The summed E-state index contributed by atoms with van der Waals surface area (Å²) in [4.78, 5) is 5.90. The van der Waals surface area contributed by atoms with Crippen molar-refractivity contribution in [3.8, 4) is 33.5 Å². The second kappa shape index (κ2) is 7.02. The molecule has 0 saturated heterocycles. The van der Waals surface area contributed by atoms with E-state index in [9.17, 15) is 0 Å². The van der Waals surface area contributed by atoms with Crippen LogP contribution in [0.25, 0.3) is 39.2 Å². The number of fused-ring (bicyclic) bond motifs is 1. The van der Waals surface area contributed by atoms with Gasteiger partial charge in [-0.1, -0.05) is 72.8 Å². The van der Waals surface area contributed by atoms with E-state index in [0.717, 1.165) is 32.9 Å². The van der Waals surface area contributed by atoms with Crippen molar-refractivity contribution >= 4 is 18.3 Å². The second-order valence-corrected chi connectivity index (χ2v) is 7.30. The lowest BCUT2D eigenvalue weighted by molar-refractivity contribution is 1.19. The van der Waals surface area contributed by atoms with Crippen LogP contribution in [0.1, 0.15) is 0 Å². The number of thiol groups is 1. The lowest BCUT2D eigenvalue weighted by Crippen LogP contribution is -1.90. The molecule has 0 aliphatic heterocycles. The van der Waals surface area contributed by atoms with Crippen LogP contribution in [-0.4, -0.2) is 9.38 Å². The van der Waals surface area contributed by atoms with E-state index in [1.165, 1.54) is 11.1 Å². The van der Waals surface area contributed by atoms with E-state index in [4.69, 9.17) is 4.98 Å². The fourth-order valence-electron chi connectivity index (χ4n) is 3.52. The predicted octanol–water partition coefficient (Wildman–Crippen LogP) is 6.62. The molecule has 0 saturated carbocycles. The summed E-state index contributed by atoms with van der Waals surface area (Å²) in [6.45, 7) is 0. The number of benzene rings is 3. The molecule has 5 aromatic rings. The highest BCUT2D eigenvalue weighted by atomic mass is 32.1. The quantitative estimate of drug-likeness (QED) is 0.349. The van der Waals surface area contributed by atoms with Gasteiger partial charge in [-0.3, -0.25) is 0 Å². The third kappa shape index (κ3) is 3.10. The number of pyridine rings is 1. The molecule has 0 unspecified atom stereocenters. The van der Waals surface area contributed by atoms with E-state index >= 15 is 0 Å². The van der Waals surface area contributed by atoms with Crippen LogP contribution in [0.2, 0.25) is 0 Å². The minimum absolute atomic E-state index is 0.933. The number of imidazole rings is 1. The minimum Gasteiger partial charge on any atom is -0.305 e. The SMILES string of the molecule is Sc1cccc(-c2cn3cc(-c4ccccc4)cc(-c4ccccc4)c3n2)c1. The zero-order chi connectivity index (χ0) is 18.9. The van der Waals surface area contributed by atoms with Gasteiger partial charge in [0.15, 0.2) is 0 Å². The fourth-order valence-corrected chi connectivity index (χ4v) is 3.75. The molecule has 2 aromatic heterocycles. The van der Waals surface area contributed by atoms with Crippen molar-refractivity contribution in [2.45, 2.75) is 4.90 Å². The zero-order valence-corrected chi connectivity index (χ0v) is 16.1. The van der Waals surface area contributed by atoms with E-state index in [-0.39, 0.29) is 0 Å². The van der Waals surface area contributed by atoms with Gasteiger partial charge in [0.1, 0.15) is 5.65 Å². The first kappa shape index (κ1) is 16.8. The number of aromatic nitrogens is 2. The topological polar surface area (TPSA) is 17.3 Å². The van der Waals surface area contributed by atoms with Crippen molar-refractivity contribution in [3.63, 3.8) is 0 Å². The molecule has 3 heteroatoms. The number of rotatable bonds is 3. The molecule has 2 heterocycles. The Morgan fingerprint density at radius 3 is 2.00 bits per heavy atom. The first-order chi connectivity index (χ1) is 13.8. The van der Waals surface area contributed by atoms with Gasteiger partial charge in [-0.15, -0.1) is 12.6 Å². The summed E-state index contributed by atoms with van der Waals surface area (Å²) >= 11 is 4.47. The Kier molecular flexibility index (Phi) is 4.22. The summed E-state index contributed by atoms with van der Waals surface area (Å²) < 4.78 is 2.13. The summed E-state index contributed by atoms with van der Waals surface area (Å²) in [6.07, 6.45) is 4.24. The van der Waals surface area contributed by atoms with Crippen molar-refractivity contribution < 1.29 is 0 Å². The van der Waals surface area contributed by atoms with E-state index in [1.807, 2.05) is 30.3 Å². The van der Waals surface area contributed by atoms with Crippen LogP contribution in [0, 0.1) is 0 Å². The Morgan fingerprint density at radius 1 is 0.607 bits per heavy atom. The lowest BCUT2D eigenvalue weighted by Gasteiger charge is -2.09. The van der Waals surface area contributed by atoms with Crippen molar-refractivity contribution in [1.82, 2.24) is 9.38 Å². The molecule has 2 nitrogen and oxygen atoms in total. The summed E-state index contributed by atoms with van der Waals surface area (Å²) in [5.41, 5.74) is 7.59. The third-order valence-electron chi connectivity index (χ3n) is 4.89. The number of hydrogen-bond donors (Lipinski definition) is 1. The smallest absolute Gasteiger partial charge is 0.145 e. The van der Waals surface area contributed by atoms with E-state index in [2.05, 4.69) is 90.1 Å². The monoisotopic (exact) mass is 378 g/mol. The van der Waals surface area contributed by atoms with Gasteiger partial charge in [0.25, 0.3) is 0 Å². The minimum atomic E-state index is 0.933. The zero-order valence-electron chi connectivity index (χ0n) is 15.2. The predicted molar refractivity (Wildman–Crippen MR) is 119 cm³/mol. The maximum atomic E-state index is 4.96. The van der Waals surface area contributed by atoms with Gasteiger partial charge in [0.05, 0.1) is 5.69 Å². The molecule has 0 bridgehead atoms. The van der Waals surface area contributed by atoms with Gasteiger partial charge in [-0.05, 0) is 34.9 Å². The Labute approximate surface area is 169 Å².